The molecule has 0 aliphatic carbocycles. The Morgan fingerprint density at radius 2 is 1.50 bits per heavy atom. The van der Waals surface area contributed by atoms with E-state index in [2.05, 4.69) is 0 Å². The lowest BCUT2D eigenvalue weighted by Gasteiger charge is -2.26. The fraction of sp³-hybridized carbons (Fsp3) is 0.500. The van der Waals surface area contributed by atoms with Gasteiger partial charge in [-0.15, -0.1) is 0 Å². The second-order valence-electron chi connectivity index (χ2n) is 4.17. The molecule has 0 saturated heterocycles. The van der Waals surface area contributed by atoms with Crippen LogP contribution in [-0.2, 0) is 10.4 Å². The molecule has 0 aliphatic rings. The van der Waals surface area contributed by atoms with Crippen LogP contribution < -0.4 is 15.4 Å². The van der Waals surface area contributed by atoms with E-state index in [0.29, 0.717) is 11.5 Å². The lowest BCUT2D eigenvalue weighted by atomic mass is 9.94. The van der Waals surface area contributed by atoms with Crippen LogP contribution in [0.1, 0.15) is 25.0 Å². The Bertz CT molecular complexity index is 350. The standard InChI is InChI=1S/C12H19NO3/c1-8-6-9(14-4)11(10(7-8)15-5)12(2,3)16-13/h6-7H,13H2,1-5H3. The summed E-state index contributed by atoms with van der Waals surface area (Å²) in [6, 6.07) is 3.86. The molecule has 2 N–H and O–H groups in total. The molecule has 0 amide bonds. The molecule has 1 aromatic carbocycles. The fourth-order valence-corrected chi connectivity index (χ4v) is 1.70. The molecule has 0 radical (unpaired) electrons. The lowest BCUT2D eigenvalue weighted by Crippen LogP contribution is -2.26. The number of nitrogens with two attached hydrogens (primary N) is 1. The molecule has 0 unspecified atom stereocenters. The minimum absolute atomic E-state index is 0.662. The monoisotopic (exact) mass is 225 g/mol. The summed E-state index contributed by atoms with van der Waals surface area (Å²) in [4.78, 5) is 4.99. The normalized spacial score (nSPS) is 11.4. The van der Waals surface area contributed by atoms with Crippen LogP contribution in [0.5, 0.6) is 11.5 Å². The molecule has 1 aromatic rings. The second kappa shape index (κ2) is 4.72. The summed E-state index contributed by atoms with van der Waals surface area (Å²) in [6.45, 7) is 5.70. The molecular weight excluding hydrogens is 206 g/mol. The highest BCUT2D eigenvalue weighted by Gasteiger charge is 2.29. The maximum absolute atomic E-state index is 5.34. The molecule has 1 rings (SSSR count). The van der Waals surface area contributed by atoms with Gasteiger partial charge >= 0.3 is 0 Å². The van der Waals surface area contributed by atoms with Crippen molar-refractivity contribution in [1.82, 2.24) is 0 Å². The first kappa shape index (κ1) is 12.8. The van der Waals surface area contributed by atoms with Gasteiger partial charge < -0.3 is 9.47 Å². The number of aryl methyl sites for hydroxylation is 1. The van der Waals surface area contributed by atoms with E-state index in [1.165, 1.54) is 0 Å². The minimum atomic E-state index is -0.662. The maximum atomic E-state index is 5.34. The highest BCUT2D eigenvalue weighted by molar-refractivity contribution is 5.50. The quantitative estimate of drug-likeness (QED) is 0.798. The van der Waals surface area contributed by atoms with Crippen LogP contribution in [0.4, 0.5) is 0 Å². The van der Waals surface area contributed by atoms with Gasteiger partial charge in [0.1, 0.15) is 17.1 Å². The van der Waals surface area contributed by atoms with Crippen molar-refractivity contribution in [1.29, 1.82) is 0 Å². The maximum Gasteiger partial charge on any atom is 0.129 e. The first-order chi connectivity index (χ1) is 7.46. The van der Waals surface area contributed by atoms with Gasteiger partial charge in [-0.25, -0.2) is 5.90 Å². The van der Waals surface area contributed by atoms with Crippen molar-refractivity contribution in [2.24, 2.45) is 5.90 Å². The van der Waals surface area contributed by atoms with Gasteiger partial charge in [0.25, 0.3) is 0 Å². The Morgan fingerprint density at radius 3 is 1.81 bits per heavy atom. The summed E-state index contributed by atoms with van der Waals surface area (Å²) < 4.78 is 10.7. The van der Waals surface area contributed by atoms with Gasteiger partial charge in [0.2, 0.25) is 0 Å². The summed E-state index contributed by atoms with van der Waals surface area (Å²) in [7, 11) is 3.23. The van der Waals surface area contributed by atoms with E-state index in [4.69, 9.17) is 20.2 Å². The molecule has 0 heterocycles. The average Bonchev–Trinajstić information content (AvgIpc) is 2.27. The van der Waals surface area contributed by atoms with E-state index in [1.807, 2.05) is 32.9 Å². The average molecular weight is 225 g/mol. The molecule has 90 valence electrons. The molecule has 0 aromatic heterocycles. The Balaban J connectivity index is 3.44. The van der Waals surface area contributed by atoms with Crippen molar-refractivity contribution in [3.05, 3.63) is 23.3 Å². The van der Waals surface area contributed by atoms with Crippen LogP contribution in [0.25, 0.3) is 0 Å². The smallest absolute Gasteiger partial charge is 0.129 e. The number of hydrogen-bond acceptors (Lipinski definition) is 4. The zero-order chi connectivity index (χ0) is 12.3. The van der Waals surface area contributed by atoms with Crippen molar-refractivity contribution in [2.45, 2.75) is 26.4 Å². The zero-order valence-electron chi connectivity index (χ0n) is 10.5. The van der Waals surface area contributed by atoms with Crippen LogP contribution in [-0.4, -0.2) is 14.2 Å². The second-order valence-corrected chi connectivity index (χ2v) is 4.17. The Kier molecular flexibility index (Phi) is 3.78. The van der Waals surface area contributed by atoms with E-state index in [-0.39, 0.29) is 0 Å². The number of hydrogen-bond donors (Lipinski definition) is 1. The van der Waals surface area contributed by atoms with Crippen molar-refractivity contribution < 1.29 is 14.3 Å². The Hall–Kier alpha value is -1.26. The first-order valence-electron chi connectivity index (χ1n) is 5.07. The van der Waals surface area contributed by atoms with Gasteiger partial charge in [-0.2, -0.15) is 0 Å². The van der Waals surface area contributed by atoms with Gasteiger partial charge in [0.15, 0.2) is 0 Å². The third kappa shape index (κ3) is 2.28. The fourth-order valence-electron chi connectivity index (χ4n) is 1.70. The topological polar surface area (TPSA) is 53.7 Å². The summed E-state index contributed by atoms with van der Waals surface area (Å²) in [5, 5.41) is 0. The summed E-state index contributed by atoms with van der Waals surface area (Å²) >= 11 is 0. The van der Waals surface area contributed by atoms with Crippen molar-refractivity contribution in [3.63, 3.8) is 0 Å². The van der Waals surface area contributed by atoms with Gasteiger partial charge in [0.05, 0.1) is 19.8 Å². The molecule has 0 aliphatic heterocycles. The van der Waals surface area contributed by atoms with E-state index < -0.39 is 5.60 Å². The molecular formula is C12H19NO3. The zero-order valence-corrected chi connectivity index (χ0v) is 10.5. The van der Waals surface area contributed by atoms with Crippen LogP contribution in [0, 0.1) is 6.92 Å². The minimum Gasteiger partial charge on any atom is -0.496 e. The molecule has 0 saturated carbocycles. The van der Waals surface area contributed by atoms with Crippen molar-refractivity contribution in [3.8, 4) is 11.5 Å². The van der Waals surface area contributed by atoms with Crippen LogP contribution >= 0.6 is 0 Å². The third-order valence-corrected chi connectivity index (χ3v) is 2.55. The SMILES string of the molecule is COc1cc(C)cc(OC)c1C(C)(C)ON. The number of rotatable bonds is 4. The first-order valence-corrected chi connectivity index (χ1v) is 5.07. The third-order valence-electron chi connectivity index (χ3n) is 2.55. The van der Waals surface area contributed by atoms with E-state index >= 15 is 0 Å². The van der Waals surface area contributed by atoms with Gasteiger partial charge in [-0.3, -0.25) is 4.84 Å². The molecule has 0 fully saturated rings. The molecule has 4 heteroatoms. The van der Waals surface area contributed by atoms with Crippen molar-refractivity contribution >= 4 is 0 Å². The largest absolute Gasteiger partial charge is 0.496 e. The lowest BCUT2D eigenvalue weighted by molar-refractivity contribution is -0.0265. The number of ether oxygens (including phenoxy) is 2. The van der Waals surface area contributed by atoms with E-state index in [9.17, 15) is 0 Å². The van der Waals surface area contributed by atoms with Crippen LogP contribution in [0.2, 0.25) is 0 Å². The number of benzene rings is 1. The Morgan fingerprint density at radius 1 is 1.06 bits per heavy atom. The molecule has 16 heavy (non-hydrogen) atoms. The Labute approximate surface area is 96.3 Å². The van der Waals surface area contributed by atoms with Crippen molar-refractivity contribution in [2.75, 3.05) is 14.2 Å². The highest BCUT2D eigenvalue weighted by atomic mass is 16.6. The van der Waals surface area contributed by atoms with Gasteiger partial charge in [-0.1, -0.05) is 0 Å². The van der Waals surface area contributed by atoms with Gasteiger partial charge in [-0.05, 0) is 38.5 Å². The van der Waals surface area contributed by atoms with E-state index in [0.717, 1.165) is 11.1 Å². The summed E-state index contributed by atoms with van der Waals surface area (Å²) in [6.07, 6.45) is 0. The van der Waals surface area contributed by atoms with E-state index in [1.54, 1.807) is 14.2 Å². The van der Waals surface area contributed by atoms with Crippen LogP contribution in [0.3, 0.4) is 0 Å². The predicted molar refractivity (Wildman–Crippen MR) is 62.6 cm³/mol. The molecule has 4 nitrogen and oxygen atoms in total. The summed E-state index contributed by atoms with van der Waals surface area (Å²) in [5.74, 6) is 6.74. The molecule has 0 spiro atoms. The molecule has 0 bridgehead atoms. The van der Waals surface area contributed by atoms with Gasteiger partial charge in [0, 0.05) is 0 Å². The molecule has 0 atom stereocenters. The van der Waals surface area contributed by atoms with Crippen LogP contribution in [0.15, 0.2) is 12.1 Å². The predicted octanol–water partition coefficient (Wildman–Crippen LogP) is 2.14. The summed E-state index contributed by atoms with van der Waals surface area (Å²) in [5.41, 5.74) is 1.21. The number of methoxy groups -OCH3 is 2. The highest BCUT2D eigenvalue weighted by Crippen LogP contribution is 2.39.